The molecule has 0 spiro atoms. The molecular weight excluding hydrogens is 230 g/mol. The van der Waals surface area contributed by atoms with Gasteiger partial charge in [0.1, 0.15) is 5.84 Å². The highest BCUT2D eigenvalue weighted by Crippen LogP contribution is 2.25. The molecule has 0 saturated carbocycles. The SMILES string of the molecule is Cc1ccc(C2NCCN=C2NC(C)(C)C)s1. The van der Waals surface area contributed by atoms with E-state index in [9.17, 15) is 0 Å². The summed E-state index contributed by atoms with van der Waals surface area (Å²) in [5.74, 6) is 1.07. The maximum Gasteiger partial charge on any atom is 0.119 e. The van der Waals surface area contributed by atoms with Gasteiger partial charge in [-0.3, -0.25) is 4.99 Å². The molecule has 1 aromatic rings. The lowest BCUT2D eigenvalue weighted by Gasteiger charge is -2.30. The maximum absolute atomic E-state index is 4.63. The lowest BCUT2D eigenvalue weighted by Crippen LogP contribution is -2.49. The van der Waals surface area contributed by atoms with Crippen molar-refractivity contribution in [3.63, 3.8) is 0 Å². The zero-order valence-electron chi connectivity index (χ0n) is 11.0. The van der Waals surface area contributed by atoms with Crippen LogP contribution in [0.5, 0.6) is 0 Å². The number of hydrogen-bond donors (Lipinski definition) is 2. The first kappa shape index (κ1) is 12.6. The van der Waals surface area contributed by atoms with E-state index in [1.54, 1.807) is 0 Å². The summed E-state index contributed by atoms with van der Waals surface area (Å²) in [5, 5.41) is 7.05. The largest absolute Gasteiger partial charge is 0.368 e. The summed E-state index contributed by atoms with van der Waals surface area (Å²) < 4.78 is 0. The van der Waals surface area contributed by atoms with Crippen LogP contribution in [0.2, 0.25) is 0 Å². The van der Waals surface area contributed by atoms with Gasteiger partial charge in [-0.25, -0.2) is 0 Å². The summed E-state index contributed by atoms with van der Waals surface area (Å²) in [6.07, 6.45) is 0. The van der Waals surface area contributed by atoms with Crippen LogP contribution in [-0.4, -0.2) is 24.5 Å². The molecule has 94 valence electrons. The molecule has 0 bridgehead atoms. The Morgan fingerprint density at radius 2 is 2.18 bits per heavy atom. The number of nitrogens with one attached hydrogen (secondary N) is 2. The highest BCUT2D eigenvalue weighted by atomic mass is 32.1. The topological polar surface area (TPSA) is 36.4 Å². The molecule has 17 heavy (non-hydrogen) atoms. The van der Waals surface area contributed by atoms with Gasteiger partial charge < -0.3 is 10.6 Å². The van der Waals surface area contributed by atoms with Crippen LogP contribution in [0.3, 0.4) is 0 Å². The van der Waals surface area contributed by atoms with Crippen molar-refractivity contribution in [1.82, 2.24) is 10.6 Å². The van der Waals surface area contributed by atoms with E-state index in [0.29, 0.717) is 0 Å². The maximum atomic E-state index is 4.63. The first-order chi connectivity index (χ1) is 7.96. The summed E-state index contributed by atoms with van der Waals surface area (Å²) in [7, 11) is 0. The van der Waals surface area contributed by atoms with Crippen molar-refractivity contribution in [2.24, 2.45) is 4.99 Å². The second kappa shape index (κ2) is 4.78. The van der Waals surface area contributed by atoms with E-state index in [1.807, 2.05) is 11.3 Å². The minimum absolute atomic E-state index is 0.0579. The summed E-state index contributed by atoms with van der Waals surface area (Å²) >= 11 is 1.84. The fraction of sp³-hybridized carbons (Fsp3) is 0.615. The zero-order chi connectivity index (χ0) is 12.5. The minimum Gasteiger partial charge on any atom is -0.368 e. The van der Waals surface area contributed by atoms with Crippen LogP contribution < -0.4 is 10.6 Å². The minimum atomic E-state index is 0.0579. The van der Waals surface area contributed by atoms with Gasteiger partial charge in [-0.15, -0.1) is 11.3 Å². The molecule has 3 nitrogen and oxygen atoms in total. The Morgan fingerprint density at radius 1 is 1.41 bits per heavy atom. The molecular formula is C13H21N3S. The Bertz CT molecular complexity index is 415. The fourth-order valence-corrected chi connectivity index (χ4v) is 2.87. The third-order valence-corrected chi connectivity index (χ3v) is 3.63. The lowest BCUT2D eigenvalue weighted by atomic mass is 10.1. The van der Waals surface area contributed by atoms with Gasteiger partial charge in [0.05, 0.1) is 12.6 Å². The smallest absolute Gasteiger partial charge is 0.119 e. The van der Waals surface area contributed by atoms with E-state index in [1.165, 1.54) is 9.75 Å². The number of rotatable bonds is 1. The van der Waals surface area contributed by atoms with Crippen LogP contribution in [0, 0.1) is 6.92 Å². The molecule has 0 aliphatic carbocycles. The standard InChI is InChI=1S/C13H21N3S/c1-9-5-6-10(17-9)11-12(15-8-7-14-11)16-13(2,3)4/h5-6,11,14H,7-8H2,1-4H3,(H,15,16). The van der Waals surface area contributed by atoms with Gasteiger partial charge in [0.15, 0.2) is 0 Å². The Balaban J connectivity index is 2.20. The number of aliphatic imine (C=N–C) groups is 1. The molecule has 0 amide bonds. The number of nitrogens with zero attached hydrogens (tertiary/aromatic N) is 1. The van der Waals surface area contributed by atoms with E-state index in [-0.39, 0.29) is 11.6 Å². The first-order valence-electron chi connectivity index (χ1n) is 6.08. The molecule has 0 saturated heterocycles. The molecule has 0 radical (unpaired) electrons. The van der Waals surface area contributed by atoms with Gasteiger partial charge in [-0.1, -0.05) is 0 Å². The second-order valence-electron chi connectivity index (χ2n) is 5.48. The molecule has 0 aromatic carbocycles. The molecule has 1 atom stereocenters. The van der Waals surface area contributed by atoms with E-state index < -0.39 is 0 Å². The van der Waals surface area contributed by atoms with Crippen LogP contribution in [0.4, 0.5) is 0 Å². The van der Waals surface area contributed by atoms with Gasteiger partial charge in [-0.05, 0) is 39.8 Å². The quantitative estimate of drug-likeness (QED) is 0.804. The van der Waals surface area contributed by atoms with Crippen LogP contribution in [0.25, 0.3) is 0 Å². The molecule has 1 aliphatic rings. The van der Waals surface area contributed by atoms with Gasteiger partial charge in [-0.2, -0.15) is 0 Å². The molecule has 0 fully saturated rings. The number of amidine groups is 1. The van der Waals surface area contributed by atoms with Crippen molar-refractivity contribution in [2.45, 2.75) is 39.3 Å². The Labute approximate surface area is 107 Å². The van der Waals surface area contributed by atoms with Crippen molar-refractivity contribution in [1.29, 1.82) is 0 Å². The number of hydrogen-bond acceptors (Lipinski definition) is 4. The molecule has 2 N–H and O–H groups in total. The molecule has 1 aliphatic heterocycles. The molecule has 2 heterocycles. The highest BCUT2D eigenvalue weighted by molar-refractivity contribution is 7.12. The normalized spacial score (nSPS) is 21.2. The van der Waals surface area contributed by atoms with Crippen LogP contribution in [0.15, 0.2) is 17.1 Å². The van der Waals surface area contributed by atoms with E-state index in [0.717, 1.165) is 18.9 Å². The summed E-state index contributed by atoms with van der Waals surface area (Å²) in [5.41, 5.74) is 0.0579. The van der Waals surface area contributed by atoms with Crippen LogP contribution >= 0.6 is 11.3 Å². The average molecular weight is 251 g/mol. The average Bonchev–Trinajstić information content (AvgIpc) is 2.63. The fourth-order valence-electron chi connectivity index (χ4n) is 1.91. The number of thiophene rings is 1. The van der Waals surface area contributed by atoms with Crippen molar-refractivity contribution in [3.8, 4) is 0 Å². The van der Waals surface area contributed by atoms with Crippen LogP contribution in [-0.2, 0) is 0 Å². The van der Waals surface area contributed by atoms with Crippen molar-refractivity contribution < 1.29 is 0 Å². The molecule has 1 aromatic heterocycles. The third-order valence-electron chi connectivity index (χ3n) is 2.56. The lowest BCUT2D eigenvalue weighted by molar-refractivity contribution is 0.485. The van der Waals surface area contributed by atoms with E-state index in [2.05, 4.69) is 55.5 Å². The third kappa shape index (κ3) is 3.30. The predicted molar refractivity (Wildman–Crippen MR) is 75.0 cm³/mol. The Morgan fingerprint density at radius 3 is 2.76 bits per heavy atom. The monoisotopic (exact) mass is 251 g/mol. The van der Waals surface area contributed by atoms with E-state index in [4.69, 9.17) is 0 Å². The molecule has 1 unspecified atom stereocenters. The van der Waals surface area contributed by atoms with E-state index >= 15 is 0 Å². The zero-order valence-corrected chi connectivity index (χ0v) is 11.8. The van der Waals surface area contributed by atoms with Crippen LogP contribution in [0.1, 0.15) is 36.6 Å². The van der Waals surface area contributed by atoms with Gasteiger partial charge in [0, 0.05) is 21.8 Å². The first-order valence-corrected chi connectivity index (χ1v) is 6.89. The van der Waals surface area contributed by atoms with Crippen molar-refractivity contribution in [3.05, 3.63) is 21.9 Å². The number of aryl methyl sites for hydroxylation is 1. The second-order valence-corrected chi connectivity index (χ2v) is 6.80. The van der Waals surface area contributed by atoms with Gasteiger partial charge in [0.2, 0.25) is 0 Å². The predicted octanol–water partition coefficient (Wildman–Crippen LogP) is 2.49. The molecule has 2 rings (SSSR count). The Hall–Kier alpha value is -0.870. The van der Waals surface area contributed by atoms with Crippen molar-refractivity contribution >= 4 is 17.2 Å². The Kier molecular flexibility index (Phi) is 3.54. The molecule has 4 heteroatoms. The van der Waals surface area contributed by atoms with Crippen molar-refractivity contribution in [2.75, 3.05) is 13.1 Å². The summed E-state index contributed by atoms with van der Waals surface area (Å²) in [6.45, 7) is 10.5. The summed E-state index contributed by atoms with van der Waals surface area (Å²) in [4.78, 5) is 7.33. The summed E-state index contributed by atoms with van der Waals surface area (Å²) in [6, 6.07) is 4.61. The van der Waals surface area contributed by atoms with Gasteiger partial charge >= 0.3 is 0 Å². The van der Waals surface area contributed by atoms with Gasteiger partial charge in [0.25, 0.3) is 0 Å². The highest BCUT2D eigenvalue weighted by Gasteiger charge is 2.25.